The van der Waals surface area contributed by atoms with Crippen molar-refractivity contribution in [1.82, 2.24) is 15.0 Å². The van der Waals surface area contributed by atoms with Gasteiger partial charge in [0.25, 0.3) is 0 Å². The van der Waals surface area contributed by atoms with Crippen LogP contribution >= 0.6 is 33.9 Å². The largest absolute Gasteiger partial charge is 0.371 e. The molecular weight excluding hydrogens is 337 g/mol. The standard InChI is InChI=1S/C10H10IN3OS/c1-2-4-15-6-9-10(11)14(13-12-9)8-3-5-16-7-8/h2-3,5,7H,1,4,6H2. The molecule has 4 nitrogen and oxygen atoms in total. The molecule has 0 fully saturated rings. The highest BCUT2D eigenvalue weighted by Gasteiger charge is 2.11. The summed E-state index contributed by atoms with van der Waals surface area (Å²) in [6.45, 7) is 4.59. The second-order valence-corrected chi connectivity index (χ2v) is 4.83. The highest BCUT2D eigenvalue weighted by molar-refractivity contribution is 14.1. The van der Waals surface area contributed by atoms with Gasteiger partial charge in [-0.05, 0) is 34.0 Å². The van der Waals surface area contributed by atoms with E-state index in [0.29, 0.717) is 13.2 Å². The molecule has 0 atom stereocenters. The Hall–Kier alpha value is -0.730. The van der Waals surface area contributed by atoms with Gasteiger partial charge in [-0.3, -0.25) is 0 Å². The minimum Gasteiger partial charge on any atom is -0.371 e. The minimum atomic E-state index is 0.467. The van der Waals surface area contributed by atoms with E-state index in [0.717, 1.165) is 15.1 Å². The molecule has 2 heterocycles. The summed E-state index contributed by atoms with van der Waals surface area (Å²) in [5.74, 6) is 0. The molecule has 0 saturated heterocycles. The first kappa shape index (κ1) is 11.7. The summed E-state index contributed by atoms with van der Waals surface area (Å²) in [6, 6.07) is 2.01. The lowest BCUT2D eigenvalue weighted by Gasteiger charge is -1.99. The summed E-state index contributed by atoms with van der Waals surface area (Å²) in [5.41, 5.74) is 1.89. The molecular formula is C10H10IN3OS. The molecule has 0 aromatic carbocycles. The van der Waals surface area contributed by atoms with Gasteiger partial charge >= 0.3 is 0 Å². The zero-order valence-corrected chi connectivity index (χ0v) is 11.4. The average Bonchev–Trinajstić information content (AvgIpc) is 2.89. The molecule has 0 saturated carbocycles. The van der Waals surface area contributed by atoms with Gasteiger partial charge in [0.1, 0.15) is 9.39 Å². The Bertz CT molecular complexity index is 466. The van der Waals surface area contributed by atoms with Gasteiger partial charge in [0.15, 0.2) is 0 Å². The van der Waals surface area contributed by atoms with Gasteiger partial charge in [0.05, 0.1) is 18.9 Å². The summed E-state index contributed by atoms with van der Waals surface area (Å²) in [7, 11) is 0. The van der Waals surface area contributed by atoms with Crippen LogP contribution in [0.15, 0.2) is 29.5 Å². The fraction of sp³-hybridized carbons (Fsp3) is 0.200. The number of rotatable bonds is 5. The number of hydrogen-bond acceptors (Lipinski definition) is 4. The SMILES string of the molecule is C=CCOCc1nnn(-c2ccsc2)c1I. The lowest BCUT2D eigenvalue weighted by molar-refractivity contribution is 0.145. The van der Waals surface area contributed by atoms with E-state index >= 15 is 0 Å². The predicted octanol–water partition coefficient (Wildman–Crippen LogP) is 2.64. The molecule has 2 rings (SSSR count). The smallest absolute Gasteiger partial charge is 0.131 e. The van der Waals surface area contributed by atoms with Gasteiger partial charge < -0.3 is 4.74 Å². The Morgan fingerprint density at radius 1 is 1.62 bits per heavy atom. The molecule has 0 aliphatic carbocycles. The van der Waals surface area contributed by atoms with Crippen molar-refractivity contribution in [2.45, 2.75) is 6.61 Å². The van der Waals surface area contributed by atoms with Crippen LogP contribution in [0.2, 0.25) is 0 Å². The molecule has 0 bridgehead atoms. The van der Waals surface area contributed by atoms with Crippen LogP contribution in [0.4, 0.5) is 0 Å². The molecule has 6 heteroatoms. The van der Waals surface area contributed by atoms with E-state index in [2.05, 4.69) is 39.5 Å². The normalized spacial score (nSPS) is 10.6. The van der Waals surface area contributed by atoms with Crippen LogP contribution in [-0.4, -0.2) is 21.6 Å². The van der Waals surface area contributed by atoms with Crippen LogP contribution in [0, 0.1) is 3.70 Å². The van der Waals surface area contributed by atoms with E-state index in [-0.39, 0.29) is 0 Å². The Morgan fingerprint density at radius 3 is 3.19 bits per heavy atom. The molecule has 2 aromatic heterocycles. The molecule has 0 spiro atoms. The molecule has 0 N–H and O–H groups in total. The fourth-order valence-electron chi connectivity index (χ4n) is 1.17. The molecule has 0 unspecified atom stereocenters. The van der Waals surface area contributed by atoms with Crippen LogP contribution in [0.1, 0.15) is 5.69 Å². The maximum atomic E-state index is 5.34. The third-order valence-electron chi connectivity index (χ3n) is 1.90. The monoisotopic (exact) mass is 347 g/mol. The van der Waals surface area contributed by atoms with E-state index < -0.39 is 0 Å². The Morgan fingerprint density at radius 2 is 2.50 bits per heavy atom. The van der Waals surface area contributed by atoms with Crippen LogP contribution in [0.25, 0.3) is 5.69 Å². The summed E-state index contributed by atoms with van der Waals surface area (Å²) >= 11 is 3.86. The molecule has 2 aromatic rings. The van der Waals surface area contributed by atoms with Crippen molar-refractivity contribution in [3.05, 3.63) is 38.9 Å². The number of hydrogen-bond donors (Lipinski definition) is 0. The van der Waals surface area contributed by atoms with Crippen LogP contribution < -0.4 is 0 Å². The maximum Gasteiger partial charge on any atom is 0.131 e. The van der Waals surface area contributed by atoms with Crippen molar-refractivity contribution in [3.63, 3.8) is 0 Å². The second kappa shape index (κ2) is 5.55. The van der Waals surface area contributed by atoms with E-state index in [1.54, 1.807) is 17.4 Å². The van der Waals surface area contributed by atoms with Gasteiger partial charge in [-0.2, -0.15) is 11.3 Å². The van der Waals surface area contributed by atoms with Crippen molar-refractivity contribution in [1.29, 1.82) is 0 Å². The van der Waals surface area contributed by atoms with E-state index in [4.69, 9.17) is 4.74 Å². The zero-order chi connectivity index (χ0) is 11.4. The van der Waals surface area contributed by atoms with Gasteiger partial charge in [0, 0.05) is 5.38 Å². The third kappa shape index (κ3) is 2.50. The number of halogens is 1. The Balaban J connectivity index is 2.15. The lowest BCUT2D eigenvalue weighted by atomic mass is 10.5. The van der Waals surface area contributed by atoms with E-state index in [9.17, 15) is 0 Å². The molecule has 84 valence electrons. The highest BCUT2D eigenvalue weighted by atomic mass is 127. The highest BCUT2D eigenvalue weighted by Crippen LogP contribution is 2.17. The predicted molar refractivity (Wildman–Crippen MR) is 71.8 cm³/mol. The number of nitrogens with zero attached hydrogens (tertiary/aromatic N) is 3. The van der Waals surface area contributed by atoms with Crippen molar-refractivity contribution in [3.8, 4) is 5.69 Å². The lowest BCUT2D eigenvalue weighted by Crippen LogP contribution is -1.99. The van der Waals surface area contributed by atoms with Gasteiger partial charge in [-0.1, -0.05) is 11.3 Å². The van der Waals surface area contributed by atoms with Crippen molar-refractivity contribution in [2.75, 3.05) is 6.61 Å². The van der Waals surface area contributed by atoms with Crippen LogP contribution in [0.3, 0.4) is 0 Å². The molecule has 0 radical (unpaired) electrons. The molecule has 0 aliphatic heterocycles. The molecule has 0 aliphatic rings. The summed E-state index contributed by atoms with van der Waals surface area (Å²) in [5, 5.41) is 12.2. The van der Waals surface area contributed by atoms with Crippen molar-refractivity contribution in [2.24, 2.45) is 0 Å². The first-order valence-electron chi connectivity index (χ1n) is 4.64. The summed E-state index contributed by atoms with van der Waals surface area (Å²) < 4.78 is 8.14. The Labute approximate surface area is 111 Å². The number of aromatic nitrogens is 3. The first-order chi connectivity index (χ1) is 7.83. The van der Waals surface area contributed by atoms with Crippen LogP contribution in [-0.2, 0) is 11.3 Å². The van der Waals surface area contributed by atoms with Gasteiger partial charge in [0.2, 0.25) is 0 Å². The zero-order valence-electron chi connectivity index (χ0n) is 8.47. The van der Waals surface area contributed by atoms with E-state index in [1.165, 1.54) is 0 Å². The minimum absolute atomic E-state index is 0.467. The van der Waals surface area contributed by atoms with Gasteiger partial charge in [-0.15, -0.1) is 11.7 Å². The van der Waals surface area contributed by atoms with Crippen molar-refractivity contribution < 1.29 is 4.74 Å². The summed E-state index contributed by atoms with van der Waals surface area (Å²) in [4.78, 5) is 0. The topological polar surface area (TPSA) is 39.9 Å². The first-order valence-corrected chi connectivity index (χ1v) is 6.66. The molecule has 16 heavy (non-hydrogen) atoms. The van der Waals surface area contributed by atoms with Crippen molar-refractivity contribution >= 4 is 33.9 Å². The number of ether oxygens (including phenoxy) is 1. The fourth-order valence-corrected chi connectivity index (χ4v) is 2.42. The Kier molecular flexibility index (Phi) is 4.08. The molecule has 0 amide bonds. The number of thiophene rings is 1. The summed E-state index contributed by atoms with van der Waals surface area (Å²) in [6.07, 6.45) is 1.72. The van der Waals surface area contributed by atoms with Gasteiger partial charge in [-0.25, -0.2) is 4.68 Å². The van der Waals surface area contributed by atoms with Crippen LogP contribution in [0.5, 0.6) is 0 Å². The average molecular weight is 347 g/mol. The maximum absolute atomic E-state index is 5.34. The second-order valence-electron chi connectivity index (χ2n) is 3.02. The van der Waals surface area contributed by atoms with E-state index in [1.807, 2.05) is 21.5 Å². The quantitative estimate of drug-likeness (QED) is 0.474. The third-order valence-corrected chi connectivity index (χ3v) is 3.65.